The van der Waals surface area contributed by atoms with Gasteiger partial charge in [-0.25, -0.2) is 8.42 Å². The van der Waals surface area contributed by atoms with E-state index in [0.29, 0.717) is 24.7 Å². The van der Waals surface area contributed by atoms with Crippen LogP contribution >= 0.6 is 11.7 Å². The van der Waals surface area contributed by atoms with E-state index in [9.17, 15) is 13.5 Å². The summed E-state index contributed by atoms with van der Waals surface area (Å²) in [6.45, 7) is 9.02. The highest BCUT2D eigenvalue weighted by atomic mass is 32.2. The number of aromatic hydroxyl groups is 1. The molecule has 4 rings (SSSR count). The molecule has 11 heteroatoms. The van der Waals surface area contributed by atoms with Crippen LogP contribution in [0.3, 0.4) is 0 Å². The summed E-state index contributed by atoms with van der Waals surface area (Å²) < 4.78 is 41.9. The number of para-hydroxylation sites is 1. The Balaban J connectivity index is 1.60. The zero-order valence-electron chi connectivity index (χ0n) is 19.1. The Morgan fingerprint density at radius 3 is 2.48 bits per heavy atom. The molecule has 0 radical (unpaired) electrons. The molecule has 0 aliphatic carbocycles. The minimum Gasteiger partial charge on any atom is -0.504 e. The number of hydrogen-bond acceptors (Lipinski definition) is 9. The molecule has 1 saturated heterocycles. The number of phenolic OH excluding ortho intramolecular Hbond substituents is 1. The monoisotopic (exact) mass is 491 g/mol. The van der Waals surface area contributed by atoms with Crippen molar-refractivity contribution in [3.8, 4) is 5.75 Å². The molecule has 2 aromatic heterocycles. The highest BCUT2D eigenvalue weighted by Gasteiger charge is 2.31. The molecule has 3 N–H and O–H groups in total. The van der Waals surface area contributed by atoms with Crippen molar-refractivity contribution in [2.45, 2.75) is 51.5 Å². The smallest absolute Gasteiger partial charge is 0.246 e. The van der Waals surface area contributed by atoms with Gasteiger partial charge in [-0.3, -0.25) is 0 Å². The van der Waals surface area contributed by atoms with E-state index in [-0.39, 0.29) is 28.3 Å². The summed E-state index contributed by atoms with van der Waals surface area (Å²) in [6.07, 6.45) is 1.65. The molecule has 0 saturated carbocycles. The van der Waals surface area contributed by atoms with Crippen LogP contribution in [0.1, 0.15) is 49.8 Å². The van der Waals surface area contributed by atoms with Crippen molar-refractivity contribution in [2.75, 3.05) is 23.7 Å². The fraction of sp³-hybridized carbons (Fsp3) is 0.455. The van der Waals surface area contributed by atoms with Gasteiger partial charge in [0.25, 0.3) is 0 Å². The molecule has 3 aromatic rings. The summed E-state index contributed by atoms with van der Waals surface area (Å²) in [4.78, 5) is -0.117. The molecular formula is C22H29N5O4S2. The van der Waals surface area contributed by atoms with E-state index in [1.807, 2.05) is 19.9 Å². The topological polar surface area (TPSA) is 121 Å². The maximum atomic E-state index is 13.0. The van der Waals surface area contributed by atoms with Crippen LogP contribution in [-0.4, -0.2) is 39.7 Å². The molecule has 1 fully saturated rings. The minimum absolute atomic E-state index is 0.117. The third-order valence-corrected chi connectivity index (χ3v) is 8.33. The Labute approximate surface area is 198 Å². The van der Waals surface area contributed by atoms with Crippen LogP contribution in [0.4, 0.5) is 17.3 Å². The van der Waals surface area contributed by atoms with Gasteiger partial charge in [0, 0.05) is 13.1 Å². The van der Waals surface area contributed by atoms with Crippen LogP contribution in [0.25, 0.3) is 0 Å². The quantitative estimate of drug-likeness (QED) is 0.385. The first-order valence-corrected chi connectivity index (χ1v) is 13.1. The van der Waals surface area contributed by atoms with E-state index in [1.165, 1.54) is 10.4 Å². The van der Waals surface area contributed by atoms with Crippen LogP contribution in [0.15, 0.2) is 33.6 Å². The third-order valence-electron chi connectivity index (χ3n) is 5.87. The first kappa shape index (κ1) is 23.5. The van der Waals surface area contributed by atoms with Crippen molar-refractivity contribution < 1.29 is 17.9 Å². The van der Waals surface area contributed by atoms with Crippen molar-refractivity contribution in [2.24, 2.45) is 5.92 Å². The van der Waals surface area contributed by atoms with Crippen LogP contribution in [0.5, 0.6) is 5.75 Å². The summed E-state index contributed by atoms with van der Waals surface area (Å²) in [7, 11) is -3.77. The number of aryl methyl sites for hydroxylation is 2. The van der Waals surface area contributed by atoms with Gasteiger partial charge in [-0.1, -0.05) is 19.9 Å². The number of furan rings is 1. The molecule has 1 aliphatic heterocycles. The molecule has 178 valence electrons. The number of anilines is 3. The van der Waals surface area contributed by atoms with Gasteiger partial charge in [0.05, 0.1) is 23.5 Å². The molecule has 9 nitrogen and oxygen atoms in total. The Morgan fingerprint density at radius 2 is 1.85 bits per heavy atom. The van der Waals surface area contributed by atoms with E-state index < -0.39 is 10.0 Å². The first-order valence-electron chi connectivity index (χ1n) is 10.9. The van der Waals surface area contributed by atoms with Crippen LogP contribution in [0, 0.1) is 19.8 Å². The van der Waals surface area contributed by atoms with Crippen LogP contribution in [0.2, 0.25) is 0 Å². The molecule has 1 atom stereocenters. The lowest BCUT2D eigenvalue weighted by molar-refractivity contribution is 0.408. The predicted octanol–water partition coefficient (Wildman–Crippen LogP) is 4.79. The zero-order valence-corrected chi connectivity index (χ0v) is 20.8. The second-order valence-electron chi connectivity index (χ2n) is 8.60. The molecule has 3 heterocycles. The lowest BCUT2D eigenvalue weighted by Crippen LogP contribution is -2.28. The van der Waals surface area contributed by atoms with E-state index in [2.05, 4.69) is 33.2 Å². The second-order valence-corrected chi connectivity index (χ2v) is 11.0. The summed E-state index contributed by atoms with van der Waals surface area (Å²) >= 11 is 1.01. The van der Waals surface area contributed by atoms with Gasteiger partial charge < -0.3 is 20.2 Å². The summed E-state index contributed by atoms with van der Waals surface area (Å²) in [5.74, 6) is 2.44. The van der Waals surface area contributed by atoms with Gasteiger partial charge in [-0.05, 0) is 56.4 Å². The van der Waals surface area contributed by atoms with Crippen LogP contribution in [-0.2, 0) is 10.0 Å². The highest BCUT2D eigenvalue weighted by molar-refractivity contribution is 7.89. The number of aromatic nitrogens is 2. The van der Waals surface area contributed by atoms with E-state index in [4.69, 9.17) is 4.42 Å². The van der Waals surface area contributed by atoms with Gasteiger partial charge in [0.1, 0.15) is 16.4 Å². The second kappa shape index (κ2) is 9.32. The Bertz CT molecular complexity index is 1210. The van der Waals surface area contributed by atoms with Crippen molar-refractivity contribution in [1.29, 1.82) is 0 Å². The van der Waals surface area contributed by atoms with Crippen molar-refractivity contribution >= 4 is 39.1 Å². The Kier molecular flexibility index (Phi) is 6.64. The highest BCUT2D eigenvalue weighted by Crippen LogP contribution is 2.38. The summed E-state index contributed by atoms with van der Waals surface area (Å²) in [5.41, 5.74) is 1.32. The van der Waals surface area contributed by atoms with Gasteiger partial charge in [-0.15, -0.1) is 0 Å². The number of nitrogens with zero attached hydrogens (tertiary/aromatic N) is 3. The van der Waals surface area contributed by atoms with Crippen molar-refractivity contribution in [3.05, 3.63) is 41.3 Å². The molecule has 0 spiro atoms. The number of nitrogens with one attached hydrogen (secondary N) is 2. The molecule has 1 aromatic carbocycles. The Hall–Kier alpha value is -2.63. The lowest BCUT2D eigenvalue weighted by Gasteiger charge is -2.21. The van der Waals surface area contributed by atoms with Gasteiger partial charge in [0.15, 0.2) is 17.4 Å². The van der Waals surface area contributed by atoms with Gasteiger partial charge in [-0.2, -0.15) is 13.1 Å². The maximum Gasteiger partial charge on any atom is 0.246 e. The fourth-order valence-corrected chi connectivity index (χ4v) is 5.96. The summed E-state index contributed by atoms with van der Waals surface area (Å²) in [5, 5.41) is 17.2. The number of rotatable bonds is 8. The number of hydrogen-bond donors (Lipinski definition) is 3. The third kappa shape index (κ3) is 4.71. The average Bonchev–Trinajstić information content (AvgIpc) is 3.50. The zero-order chi connectivity index (χ0) is 23.8. The predicted molar refractivity (Wildman–Crippen MR) is 129 cm³/mol. The van der Waals surface area contributed by atoms with Crippen molar-refractivity contribution in [1.82, 2.24) is 13.1 Å². The number of sulfonamides is 1. The summed E-state index contributed by atoms with van der Waals surface area (Å²) in [6, 6.07) is 6.50. The molecule has 33 heavy (non-hydrogen) atoms. The largest absolute Gasteiger partial charge is 0.504 e. The van der Waals surface area contributed by atoms with E-state index in [0.717, 1.165) is 41.7 Å². The molecular weight excluding hydrogens is 462 g/mol. The molecule has 1 aliphatic rings. The van der Waals surface area contributed by atoms with Gasteiger partial charge in [0.2, 0.25) is 10.0 Å². The van der Waals surface area contributed by atoms with Crippen LogP contribution < -0.4 is 10.6 Å². The standard InChI is InChI=1S/C22H29N5O4S2/c1-13(2)19(17-12-14(3)15(4)31-17)24-22-21(25-32-26-22)23-16-8-7-9-18(20(16)28)33(29,30)27-10-5-6-11-27/h7-9,12-13,19,28H,5-6,10-11H2,1-4H3,(H,23,25)(H,24,26)/t19-/m1/s1. The SMILES string of the molecule is Cc1cc([C@H](Nc2nsnc2Nc2cccc(S(=O)(=O)N3CCCC3)c2O)C(C)C)oc1C. The molecule has 0 bridgehead atoms. The van der Waals surface area contributed by atoms with Crippen molar-refractivity contribution in [3.63, 3.8) is 0 Å². The fourth-order valence-electron chi connectivity index (χ4n) is 3.86. The average molecular weight is 492 g/mol. The number of phenols is 1. The normalized spacial score (nSPS) is 15.8. The van der Waals surface area contributed by atoms with Gasteiger partial charge >= 0.3 is 0 Å². The molecule has 0 amide bonds. The number of benzene rings is 1. The minimum atomic E-state index is -3.77. The Morgan fingerprint density at radius 1 is 1.15 bits per heavy atom. The van der Waals surface area contributed by atoms with E-state index >= 15 is 0 Å². The van der Waals surface area contributed by atoms with E-state index in [1.54, 1.807) is 12.1 Å². The maximum absolute atomic E-state index is 13.0. The first-order chi connectivity index (χ1) is 15.7. The lowest BCUT2D eigenvalue weighted by atomic mass is 10.0. The molecule has 0 unspecified atom stereocenters.